The number of alkyl halides is 3. The molecule has 0 saturated heterocycles. The number of hydrogen-bond acceptors (Lipinski definition) is 3. The fraction of sp³-hybridized carbons (Fsp3) is 0.222. The van der Waals surface area contributed by atoms with Gasteiger partial charge < -0.3 is 15.4 Å². The third-order valence-corrected chi connectivity index (χ3v) is 3.94. The summed E-state index contributed by atoms with van der Waals surface area (Å²) in [6.45, 7) is 0.130. The molecule has 2 aromatic rings. The number of amides is 2. The van der Waals surface area contributed by atoms with Crippen LogP contribution in [0.5, 0.6) is 5.75 Å². The molecular weight excluding hydrogens is 349 g/mol. The number of halogens is 3. The lowest BCUT2D eigenvalue weighted by molar-refractivity contribution is -0.274. The lowest BCUT2D eigenvalue weighted by Gasteiger charge is -2.24. The van der Waals surface area contributed by atoms with E-state index < -0.39 is 12.3 Å². The fourth-order valence-electron chi connectivity index (χ4n) is 2.77. The van der Waals surface area contributed by atoms with E-state index in [-0.39, 0.29) is 30.5 Å². The average Bonchev–Trinajstić information content (AvgIpc) is 2.58. The van der Waals surface area contributed by atoms with Crippen LogP contribution in [0.25, 0.3) is 0 Å². The van der Waals surface area contributed by atoms with Crippen LogP contribution >= 0.6 is 0 Å². The first kappa shape index (κ1) is 17.8. The van der Waals surface area contributed by atoms with Gasteiger partial charge in [0.15, 0.2) is 0 Å². The number of rotatable bonds is 4. The van der Waals surface area contributed by atoms with Crippen molar-refractivity contribution in [3.05, 3.63) is 59.7 Å². The van der Waals surface area contributed by atoms with Crippen LogP contribution in [0, 0.1) is 0 Å². The van der Waals surface area contributed by atoms with E-state index in [9.17, 15) is 22.8 Å². The van der Waals surface area contributed by atoms with E-state index in [1.54, 1.807) is 24.3 Å². The number of fused-ring (bicyclic) bond motifs is 1. The number of anilines is 1. The number of carbonyl (C=O) groups is 2. The summed E-state index contributed by atoms with van der Waals surface area (Å²) in [5.74, 6) is -1.49. The predicted molar refractivity (Wildman–Crippen MR) is 87.4 cm³/mol. The van der Waals surface area contributed by atoms with E-state index in [0.29, 0.717) is 11.3 Å². The molecule has 5 nitrogen and oxygen atoms in total. The molecule has 1 aliphatic heterocycles. The third-order valence-electron chi connectivity index (χ3n) is 3.94. The predicted octanol–water partition coefficient (Wildman–Crippen LogP) is 3.33. The molecule has 0 fully saturated rings. The first-order valence-corrected chi connectivity index (χ1v) is 7.83. The zero-order valence-electron chi connectivity index (χ0n) is 13.5. The van der Waals surface area contributed by atoms with Crippen molar-refractivity contribution < 1.29 is 27.5 Å². The highest BCUT2D eigenvalue weighted by molar-refractivity contribution is 6.01. The second kappa shape index (κ2) is 7.07. The molecule has 8 heteroatoms. The molecule has 1 aliphatic rings. The Bertz CT molecular complexity index is 819. The highest BCUT2D eigenvalue weighted by Gasteiger charge is 2.31. The maximum absolute atomic E-state index is 12.5. The molecule has 26 heavy (non-hydrogen) atoms. The number of nitrogens with one attached hydrogen (secondary N) is 2. The Hall–Kier alpha value is -3.03. The van der Waals surface area contributed by atoms with Gasteiger partial charge in [0.05, 0.1) is 5.92 Å². The quantitative estimate of drug-likeness (QED) is 0.875. The molecule has 0 aromatic heterocycles. The van der Waals surface area contributed by atoms with Crippen LogP contribution in [0.2, 0.25) is 0 Å². The van der Waals surface area contributed by atoms with Gasteiger partial charge in [0.1, 0.15) is 5.75 Å². The van der Waals surface area contributed by atoms with Crippen LogP contribution in [-0.4, -0.2) is 18.2 Å². The van der Waals surface area contributed by atoms with Gasteiger partial charge >= 0.3 is 6.36 Å². The Balaban J connectivity index is 1.63. The summed E-state index contributed by atoms with van der Waals surface area (Å²) in [4.78, 5) is 24.2. The van der Waals surface area contributed by atoms with Crippen LogP contribution in [0.3, 0.4) is 0 Å². The summed E-state index contributed by atoms with van der Waals surface area (Å²) in [5.41, 5.74) is 1.96. The number of benzene rings is 2. The largest absolute Gasteiger partial charge is 0.573 e. The van der Waals surface area contributed by atoms with E-state index in [4.69, 9.17) is 0 Å². The zero-order chi connectivity index (χ0) is 18.7. The Kier molecular flexibility index (Phi) is 4.83. The van der Waals surface area contributed by atoms with Crippen molar-refractivity contribution in [3.8, 4) is 5.75 Å². The fourth-order valence-corrected chi connectivity index (χ4v) is 2.77. The van der Waals surface area contributed by atoms with Crippen LogP contribution in [0.15, 0.2) is 48.5 Å². The minimum Gasteiger partial charge on any atom is -0.406 e. The van der Waals surface area contributed by atoms with Gasteiger partial charge in [-0.2, -0.15) is 0 Å². The average molecular weight is 364 g/mol. The molecule has 0 spiro atoms. The molecule has 2 aromatic carbocycles. The van der Waals surface area contributed by atoms with Gasteiger partial charge in [0.2, 0.25) is 11.8 Å². The second-order valence-corrected chi connectivity index (χ2v) is 5.80. The molecular formula is C18H15F3N2O3. The van der Waals surface area contributed by atoms with E-state index in [2.05, 4.69) is 15.4 Å². The standard InChI is InChI=1S/C18H15F3N2O3/c19-18(20,21)26-12-7-5-11(6-8-12)10-22-17(25)14-9-16(24)23-15-4-2-1-3-13(14)15/h1-8,14H,9-10H2,(H,22,25)(H,23,24). The molecule has 0 bridgehead atoms. The summed E-state index contributed by atoms with van der Waals surface area (Å²) in [7, 11) is 0. The van der Waals surface area contributed by atoms with Crippen LogP contribution in [-0.2, 0) is 16.1 Å². The molecule has 2 amide bonds. The summed E-state index contributed by atoms with van der Waals surface area (Å²) in [6.07, 6.45) is -4.70. The SMILES string of the molecule is O=C1CC(C(=O)NCc2ccc(OC(F)(F)F)cc2)c2ccccc2N1. The van der Waals surface area contributed by atoms with Crippen molar-refractivity contribution in [1.29, 1.82) is 0 Å². The van der Waals surface area contributed by atoms with Crippen molar-refractivity contribution in [3.63, 3.8) is 0 Å². The van der Waals surface area contributed by atoms with E-state index in [0.717, 1.165) is 5.56 Å². The first-order chi connectivity index (χ1) is 12.3. The highest BCUT2D eigenvalue weighted by atomic mass is 19.4. The Labute approximate surface area is 147 Å². The molecule has 1 heterocycles. The number of carbonyl (C=O) groups excluding carboxylic acids is 2. The van der Waals surface area contributed by atoms with Gasteiger partial charge in [-0.3, -0.25) is 9.59 Å². The maximum Gasteiger partial charge on any atom is 0.573 e. The lowest BCUT2D eigenvalue weighted by atomic mass is 9.90. The first-order valence-electron chi connectivity index (χ1n) is 7.83. The van der Waals surface area contributed by atoms with E-state index in [1.807, 2.05) is 0 Å². The lowest BCUT2D eigenvalue weighted by Crippen LogP contribution is -2.34. The summed E-state index contributed by atoms with van der Waals surface area (Å²) >= 11 is 0. The maximum atomic E-state index is 12.5. The molecule has 2 N–H and O–H groups in total. The molecule has 0 aliphatic carbocycles. The van der Waals surface area contributed by atoms with Gasteiger partial charge in [-0.25, -0.2) is 0 Å². The summed E-state index contributed by atoms with van der Waals surface area (Å²) in [6, 6.07) is 12.3. The van der Waals surface area contributed by atoms with Crippen molar-refractivity contribution in [2.75, 3.05) is 5.32 Å². The van der Waals surface area contributed by atoms with Crippen molar-refractivity contribution >= 4 is 17.5 Å². The van der Waals surface area contributed by atoms with Gasteiger partial charge in [-0.15, -0.1) is 13.2 Å². The Morgan fingerprint density at radius 2 is 1.85 bits per heavy atom. The molecule has 3 rings (SSSR count). The van der Waals surface area contributed by atoms with Gasteiger partial charge in [0, 0.05) is 18.7 Å². The van der Waals surface area contributed by atoms with Gasteiger partial charge in [0.25, 0.3) is 0 Å². The van der Waals surface area contributed by atoms with Gasteiger partial charge in [-0.1, -0.05) is 30.3 Å². The minimum atomic E-state index is -4.75. The summed E-state index contributed by atoms with van der Waals surface area (Å²) in [5, 5.41) is 5.43. The highest BCUT2D eigenvalue weighted by Crippen LogP contribution is 2.32. The van der Waals surface area contributed by atoms with Crippen molar-refractivity contribution in [2.45, 2.75) is 25.2 Å². The zero-order valence-corrected chi connectivity index (χ0v) is 13.5. The molecule has 1 unspecified atom stereocenters. The minimum absolute atomic E-state index is 0.0429. The molecule has 1 atom stereocenters. The normalized spacial score (nSPS) is 16.4. The van der Waals surface area contributed by atoms with E-state index in [1.165, 1.54) is 24.3 Å². The topological polar surface area (TPSA) is 67.4 Å². The monoisotopic (exact) mass is 364 g/mol. The van der Waals surface area contributed by atoms with Crippen LogP contribution in [0.1, 0.15) is 23.5 Å². The molecule has 0 saturated carbocycles. The third kappa shape index (κ3) is 4.33. The smallest absolute Gasteiger partial charge is 0.406 e. The Morgan fingerprint density at radius 1 is 1.15 bits per heavy atom. The summed E-state index contributed by atoms with van der Waals surface area (Å²) < 4.78 is 40.2. The van der Waals surface area contributed by atoms with Crippen LogP contribution in [0.4, 0.5) is 18.9 Å². The Morgan fingerprint density at radius 3 is 2.54 bits per heavy atom. The van der Waals surface area contributed by atoms with Crippen LogP contribution < -0.4 is 15.4 Å². The second-order valence-electron chi connectivity index (χ2n) is 5.80. The number of para-hydroxylation sites is 1. The van der Waals surface area contributed by atoms with Crippen molar-refractivity contribution in [2.24, 2.45) is 0 Å². The van der Waals surface area contributed by atoms with E-state index >= 15 is 0 Å². The van der Waals surface area contributed by atoms with Gasteiger partial charge in [-0.05, 0) is 29.3 Å². The van der Waals surface area contributed by atoms with Crippen molar-refractivity contribution in [1.82, 2.24) is 5.32 Å². The number of hydrogen-bond donors (Lipinski definition) is 2. The molecule has 0 radical (unpaired) electrons. The molecule has 136 valence electrons. The number of ether oxygens (including phenoxy) is 1.